The maximum absolute atomic E-state index is 13.1. The van der Waals surface area contributed by atoms with Crippen molar-refractivity contribution in [1.82, 2.24) is 24.9 Å². The average Bonchev–Trinajstić information content (AvgIpc) is 2.99. The molecular weight excluding hydrogens is 337 g/mol. The molecule has 8 heteroatoms. The van der Waals surface area contributed by atoms with E-state index in [9.17, 15) is 14.0 Å². The molecule has 0 spiro atoms. The van der Waals surface area contributed by atoms with E-state index in [0.29, 0.717) is 0 Å². The molecule has 1 aromatic carbocycles. The van der Waals surface area contributed by atoms with Crippen LogP contribution in [0.4, 0.5) is 4.39 Å². The molecule has 134 valence electrons. The Kier molecular flexibility index (Phi) is 4.66. The molecule has 1 N–H and O–H groups in total. The van der Waals surface area contributed by atoms with E-state index in [2.05, 4.69) is 15.5 Å². The van der Waals surface area contributed by atoms with Gasteiger partial charge in [0.1, 0.15) is 11.5 Å². The van der Waals surface area contributed by atoms with E-state index >= 15 is 0 Å². The number of hydrogen-bond acceptors (Lipinski definition) is 4. The summed E-state index contributed by atoms with van der Waals surface area (Å²) in [6, 6.07) is 8.37. The highest BCUT2D eigenvalue weighted by Gasteiger charge is 2.18. The second-order valence-corrected chi connectivity index (χ2v) is 5.95. The normalized spacial score (nSPS) is 12.0. The van der Waals surface area contributed by atoms with E-state index in [1.54, 1.807) is 23.0 Å². The van der Waals surface area contributed by atoms with Crippen LogP contribution in [0.3, 0.4) is 0 Å². The van der Waals surface area contributed by atoms with Gasteiger partial charge in [-0.3, -0.25) is 9.59 Å². The van der Waals surface area contributed by atoms with Crippen molar-refractivity contribution in [3.05, 3.63) is 75.7 Å². The first-order chi connectivity index (χ1) is 12.4. The number of rotatable bonds is 4. The van der Waals surface area contributed by atoms with Gasteiger partial charge in [0.05, 0.1) is 17.9 Å². The number of halogens is 1. The van der Waals surface area contributed by atoms with Gasteiger partial charge in [-0.2, -0.15) is 10.2 Å². The monoisotopic (exact) mass is 355 g/mol. The predicted molar refractivity (Wildman–Crippen MR) is 93.6 cm³/mol. The molecule has 1 atom stereocenters. The average molecular weight is 355 g/mol. The highest BCUT2D eigenvalue weighted by Crippen LogP contribution is 2.20. The molecule has 0 aliphatic carbocycles. The number of benzene rings is 1. The number of aromatic nitrogens is 4. The summed E-state index contributed by atoms with van der Waals surface area (Å²) in [5, 5.41) is 11.1. The Balaban J connectivity index is 1.81. The van der Waals surface area contributed by atoms with Crippen LogP contribution in [-0.4, -0.2) is 25.5 Å². The van der Waals surface area contributed by atoms with Crippen LogP contribution in [0.1, 0.15) is 34.7 Å². The number of carbonyl (C=O) groups is 1. The molecule has 0 aliphatic rings. The fraction of sp³-hybridized carbons (Fsp3) is 0.222. The Labute approximate surface area is 149 Å². The second-order valence-electron chi connectivity index (χ2n) is 5.95. The SMILES string of the molecule is Cc1c([C@H](C)NC(=O)c2ccc(=O)n(C)n2)cnn1-c1ccc(F)cc1. The maximum Gasteiger partial charge on any atom is 0.272 e. The van der Waals surface area contributed by atoms with Crippen molar-refractivity contribution in [2.75, 3.05) is 0 Å². The van der Waals surface area contributed by atoms with E-state index in [1.807, 2.05) is 13.8 Å². The van der Waals surface area contributed by atoms with E-state index in [0.717, 1.165) is 21.6 Å². The molecule has 1 amide bonds. The standard InChI is InChI=1S/C18H18FN5O2/c1-11(21-18(26)16-8-9-17(25)23(3)22-16)15-10-20-24(12(15)2)14-6-4-13(19)5-7-14/h4-11H,1-3H3,(H,21,26)/t11-/m0/s1. The third-order valence-electron chi connectivity index (χ3n) is 4.13. The Hall–Kier alpha value is -3.29. The molecule has 0 saturated heterocycles. The predicted octanol–water partition coefficient (Wildman–Crippen LogP) is 1.90. The van der Waals surface area contributed by atoms with Crippen molar-refractivity contribution in [3.63, 3.8) is 0 Å². The van der Waals surface area contributed by atoms with Crippen LogP contribution >= 0.6 is 0 Å². The summed E-state index contributed by atoms with van der Waals surface area (Å²) < 4.78 is 15.9. The van der Waals surface area contributed by atoms with E-state index in [4.69, 9.17) is 0 Å². The van der Waals surface area contributed by atoms with Crippen molar-refractivity contribution >= 4 is 5.91 Å². The van der Waals surface area contributed by atoms with Gasteiger partial charge in [-0.05, 0) is 44.2 Å². The van der Waals surface area contributed by atoms with Crippen molar-refractivity contribution in [2.24, 2.45) is 7.05 Å². The summed E-state index contributed by atoms with van der Waals surface area (Å²) in [4.78, 5) is 23.7. The zero-order valence-corrected chi connectivity index (χ0v) is 14.6. The van der Waals surface area contributed by atoms with Gasteiger partial charge in [-0.25, -0.2) is 13.8 Å². The fourth-order valence-corrected chi connectivity index (χ4v) is 2.66. The minimum atomic E-state index is -0.387. The van der Waals surface area contributed by atoms with Crippen LogP contribution in [0.15, 0.2) is 47.4 Å². The Morgan fingerprint density at radius 3 is 2.54 bits per heavy atom. The highest BCUT2D eigenvalue weighted by atomic mass is 19.1. The van der Waals surface area contributed by atoms with Gasteiger partial charge in [0.2, 0.25) is 0 Å². The fourth-order valence-electron chi connectivity index (χ4n) is 2.66. The zero-order valence-electron chi connectivity index (χ0n) is 14.6. The smallest absolute Gasteiger partial charge is 0.272 e. The van der Waals surface area contributed by atoms with E-state index in [-0.39, 0.29) is 29.0 Å². The molecule has 0 unspecified atom stereocenters. The maximum atomic E-state index is 13.1. The number of amides is 1. The molecule has 7 nitrogen and oxygen atoms in total. The van der Waals surface area contributed by atoms with Crippen LogP contribution in [-0.2, 0) is 7.05 Å². The lowest BCUT2D eigenvalue weighted by atomic mass is 10.1. The third kappa shape index (κ3) is 3.39. The van der Waals surface area contributed by atoms with Gasteiger partial charge in [0, 0.05) is 24.4 Å². The van der Waals surface area contributed by atoms with Gasteiger partial charge >= 0.3 is 0 Å². The molecule has 0 fully saturated rings. The van der Waals surface area contributed by atoms with Gasteiger partial charge in [-0.15, -0.1) is 0 Å². The van der Waals surface area contributed by atoms with E-state index < -0.39 is 0 Å². The molecule has 26 heavy (non-hydrogen) atoms. The summed E-state index contributed by atoms with van der Waals surface area (Å²) in [6.45, 7) is 3.71. The summed E-state index contributed by atoms with van der Waals surface area (Å²) >= 11 is 0. The quantitative estimate of drug-likeness (QED) is 0.775. The van der Waals surface area contributed by atoms with Crippen LogP contribution in [0, 0.1) is 12.7 Å². The van der Waals surface area contributed by atoms with Crippen LogP contribution < -0.4 is 10.9 Å². The highest BCUT2D eigenvalue weighted by molar-refractivity contribution is 5.92. The first-order valence-corrected chi connectivity index (χ1v) is 8.02. The van der Waals surface area contributed by atoms with Gasteiger partial charge in [-0.1, -0.05) is 0 Å². The first kappa shape index (κ1) is 17.5. The molecular formula is C18H18FN5O2. The zero-order chi connectivity index (χ0) is 18.8. The largest absolute Gasteiger partial charge is 0.344 e. The number of carbonyl (C=O) groups excluding carboxylic acids is 1. The first-order valence-electron chi connectivity index (χ1n) is 8.02. The molecule has 3 rings (SSSR count). The van der Waals surface area contributed by atoms with E-state index in [1.165, 1.54) is 31.3 Å². The summed E-state index contributed by atoms with van der Waals surface area (Å²) in [5.74, 6) is -0.703. The van der Waals surface area contributed by atoms with Gasteiger partial charge < -0.3 is 5.32 Å². The van der Waals surface area contributed by atoms with Crippen molar-refractivity contribution < 1.29 is 9.18 Å². The number of nitrogens with one attached hydrogen (secondary N) is 1. The molecule has 0 aliphatic heterocycles. The summed E-state index contributed by atoms with van der Waals surface area (Å²) in [5.41, 5.74) is 2.26. The van der Waals surface area contributed by atoms with Crippen LogP contribution in [0.5, 0.6) is 0 Å². The summed E-state index contributed by atoms with van der Waals surface area (Å²) in [7, 11) is 1.49. The lowest BCUT2D eigenvalue weighted by molar-refractivity contribution is 0.0932. The van der Waals surface area contributed by atoms with Gasteiger partial charge in [0.25, 0.3) is 11.5 Å². The number of hydrogen-bond donors (Lipinski definition) is 1. The minimum Gasteiger partial charge on any atom is -0.344 e. The number of aryl methyl sites for hydroxylation is 1. The molecule has 2 aromatic heterocycles. The van der Waals surface area contributed by atoms with Gasteiger partial charge in [0.15, 0.2) is 0 Å². The topological polar surface area (TPSA) is 81.8 Å². The van der Waals surface area contributed by atoms with Crippen molar-refractivity contribution in [2.45, 2.75) is 19.9 Å². The molecule has 0 bridgehead atoms. The molecule has 3 aromatic rings. The third-order valence-corrected chi connectivity index (χ3v) is 4.13. The Bertz CT molecular complexity index is 1010. The van der Waals surface area contributed by atoms with Crippen LogP contribution in [0.25, 0.3) is 5.69 Å². The lowest BCUT2D eigenvalue weighted by Gasteiger charge is -2.14. The van der Waals surface area contributed by atoms with Crippen molar-refractivity contribution in [3.8, 4) is 5.69 Å². The molecule has 0 saturated carbocycles. The van der Waals surface area contributed by atoms with Crippen LogP contribution in [0.2, 0.25) is 0 Å². The molecule has 2 heterocycles. The lowest BCUT2D eigenvalue weighted by Crippen LogP contribution is -2.30. The van der Waals surface area contributed by atoms with Crippen molar-refractivity contribution in [1.29, 1.82) is 0 Å². The number of nitrogens with zero attached hydrogens (tertiary/aromatic N) is 4. The summed E-state index contributed by atoms with van der Waals surface area (Å²) in [6.07, 6.45) is 1.66. The molecule has 0 radical (unpaired) electrons. The Morgan fingerprint density at radius 1 is 1.19 bits per heavy atom. The second kappa shape index (κ2) is 6.91. The minimum absolute atomic E-state index is 0.155. The Morgan fingerprint density at radius 2 is 1.88 bits per heavy atom.